The van der Waals surface area contributed by atoms with E-state index in [1.54, 1.807) is 6.92 Å². The lowest BCUT2D eigenvalue weighted by Crippen LogP contribution is -2.44. The summed E-state index contributed by atoms with van der Waals surface area (Å²) in [6.07, 6.45) is 0. The van der Waals surface area contributed by atoms with Crippen LogP contribution in [0.4, 0.5) is 17.1 Å². The van der Waals surface area contributed by atoms with E-state index in [1.165, 1.54) is 24.3 Å². The summed E-state index contributed by atoms with van der Waals surface area (Å²) in [5, 5.41) is 14.1. The molecule has 1 N–H and O–H groups in total. The molecule has 1 saturated heterocycles. The molecule has 2 amide bonds. The molecule has 0 aliphatic carbocycles. The quantitative estimate of drug-likeness (QED) is 0.423. The third-order valence-electron chi connectivity index (χ3n) is 5.86. The second-order valence-corrected chi connectivity index (χ2v) is 7.87. The SMILES string of the molecule is CCN1C(=O)C(Nc2ccc(N3CCN(C)CC3)cc2)=C(c2ccc([N+](=O)[O-])cc2)C1=O. The first-order chi connectivity index (χ1) is 15.4. The molecule has 2 aliphatic heterocycles. The summed E-state index contributed by atoms with van der Waals surface area (Å²) in [7, 11) is 2.11. The van der Waals surface area contributed by atoms with Crippen LogP contribution >= 0.6 is 0 Å². The van der Waals surface area contributed by atoms with E-state index in [0.717, 1.165) is 36.8 Å². The number of carbonyl (C=O) groups is 2. The van der Waals surface area contributed by atoms with E-state index in [4.69, 9.17) is 0 Å². The Bertz CT molecular complexity index is 1070. The molecule has 0 unspecified atom stereocenters. The largest absolute Gasteiger partial charge is 0.369 e. The van der Waals surface area contributed by atoms with Crippen molar-refractivity contribution in [1.29, 1.82) is 0 Å². The Morgan fingerprint density at radius 1 is 0.938 bits per heavy atom. The van der Waals surface area contributed by atoms with Gasteiger partial charge in [0.1, 0.15) is 5.70 Å². The number of piperazine rings is 1. The number of nitro groups is 1. The van der Waals surface area contributed by atoms with Crippen molar-refractivity contribution in [3.63, 3.8) is 0 Å². The molecule has 0 saturated carbocycles. The van der Waals surface area contributed by atoms with Gasteiger partial charge >= 0.3 is 0 Å². The van der Waals surface area contributed by atoms with Crippen molar-refractivity contribution in [2.45, 2.75) is 6.92 Å². The Balaban J connectivity index is 1.62. The van der Waals surface area contributed by atoms with Crippen molar-refractivity contribution < 1.29 is 14.5 Å². The Kier molecular flexibility index (Phi) is 5.91. The van der Waals surface area contributed by atoms with Crippen LogP contribution in [0.2, 0.25) is 0 Å². The van der Waals surface area contributed by atoms with E-state index >= 15 is 0 Å². The molecule has 0 radical (unpaired) electrons. The monoisotopic (exact) mass is 435 g/mol. The van der Waals surface area contributed by atoms with Crippen LogP contribution in [-0.4, -0.2) is 66.3 Å². The van der Waals surface area contributed by atoms with E-state index in [-0.39, 0.29) is 23.5 Å². The Labute approximate surface area is 186 Å². The number of non-ortho nitro benzene ring substituents is 1. The van der Waals surface area contributed by atoms with E-state index in [1.807, 2.05) is 24.3 Å². The lowest BCUT2D eigenvalue weighted by molar-refractivity contribution is -0.384. The molecule has 4 rings (SSSR count). The molecule has 1 fully saturated rings. The molecule has 2 heterocycles. The zero-order valence-corrected chi connectivity index (χ0v) is 18.1. The predicted octanol–water partition coefficient (Wildman–Crippen LogP) is 2.56. The lowest BCUT2D eigenvalue weighted by atomic mass is 10.0. The van der Waals surface area contributed by atoms with E-state index in [2.05, 4.69) is 22.2 Å². The van der Waals surface area contributed by atoms with Gasteiger partial charge in [-0.15, -0.1) is 0 Å². The number of carbonyl (C=O) groups excluding carboxylic acids is 2. The number of anilines is 2. The molecular weight excluding hydrogens is 410 g/mol. The van der Waals surface area contributed by atoms with Crippen LogP contribution in [0.25, 0.3) is 5.57 Å². The third kappa shape index (κ3) is 4.06. The molecule has 2 aromatic carbocycles. The number of hydrogen-bond donors (Lipinski definition) is 1. The minimum absolute atomic E-state index is 0.0764. The van der Waals surface area contributed by atoms with Gasteiger partial charge < -0.3 is 15.1 Å². The number of hydrogen-bond acceptors (Lipinski definition) is 7. The van der Waals surface area contributed by atoms with Crippen LogP contribution in [0.1, 0.15) is 12.5 Å². The average molecular weight is 435 g/mol. The first kappa shape index (κ1) is 21.5. The van der Waals surface area contributed by atoms with Gasteiger partial charge in [0.25, 0.3) is 17.5 Å². The van der Waals surface area contributed by atoms with E-state index in [0.29, 0.717) is 11.3 Å². The Morgan fingerprint density at radius 2 is 1.56 bits per heavy atom. The fourth-order valence-electron chi connectivity index (χ4n) is 3.96. The molecule has 0 bridgehead atoms. The zero-order chi connectivity index (χ0) is 22.8. The Morgan fingerprint density at radius 3 is 2.12 bits per heavy atom. The normalized spacial score (nSPS) is 17.3. The molecule has 9 nitrogen and oxygen atoms in total. The molecule has 32 heavy (non-hydrogen) atoms. The van der Waals surface area contributed by atoms with Crippen molar-refractivity contribution in [3.8, 4) is 0 Å². The summed E-state index contributed by atoms with van der Waals surface area (Å²) in [4.78, 5) is 42.1. The summed E-state index contributed by atoms with van der Waals surface area (Å²) < 4.78 is 0. The molecule has 2 aliphatic rings. The highest BCUT2D eigenvalue weighted by Gasteiger charge is 2.38. The fraction of sp³-hybridized carbons (Fsp3) is 0.304. The summed E-state index contributed by atoms with van der Waals surface area (Å²) in [5.41, 5.74) is 2.58. The topological polar surface area (TPSA) is 99.0 Å². The second kappa shape index (κ2) is 8.80. The van der Waals surface area contributed by atoms with Gasteiger partial charge in [-0.1, -0.05) is 0 Å². The highest BCUT2D eigenvalue weighted by molar-refractivity contribution is 6.36. The molecule has 166 valence electrons. The van der Waals surface area contributed by atoms with Crippen molar-refractivity contribution in [3.05, 3.63) is 69.9 Å². The zero-order valence-electron chi connectivity index (χ0n) is 18.1. The van der Waals surface area contributed by atoms with Crippen molar-refractivity contribution in [1.82, 2.24) is 9.80 Å². The van der Waals surface area contributed by atoms with Gasteiger partial charge in [0.15, 0.2) is 0 Å². The molecule has 0 aromatic heterocycles. The maximum Gasteiger partial charge on any atom is 0.278 e. The first-order valence-corrected chi connectivity index (χ1v) is 10.5. The second-order valence-electron chi connectivity index (χ2n) is 7.87. The number of nitrogens with zero attached hydrogens (tertiary/aromatic N) is 4. The Hall–Kier alpha value is -3.72. The highest BCUT2D eigenvalue weighted by Crippen LogP contribution is 2.31. The van der Waals surface area contributed by atoms with E-state index < -0.39 is 16.7 Å². The summed E-state index contributed by atoms with van der Waals surface area (Å²) in [6, 6.07) is 13.4. The van der Waals surface area contributed by atoms with Gasteiger partial charge in [-0.25, -0.2) is 0 Å². The van der Waals surface area contributed by atoms with Crippen LogP contribution in [0.5, 0.6) is 0 Å². The average Bonchev–Trinajstić information content (AvgIpc) is 3.03. The van der Waals surface area contributed by atoms with Gasteiger partial charge in [0.05, 0.1) is 10.5 Å². The molecule has 0 spiro atoms. The van der Waals surface area contributed by atoms with Crippen LogP contribution in [0.3, 0.4) is 0 Å². The number of amides is 2. The minimum atomic E-state index is -0.501. The maximum absolute atomic E-state index is 12.9. The summed E-state index contributed by atoms with van der Waals surface area (Å²) >= 11 is 0. The van der Waals surface area contributed by atoms with Gasteiger partial charge in [-0.3, -0.25) is 24.6 Å². The third-order valence-corrected chi connectivity index (χ3v) is 5.86. The van der Waals surface area contributed by atoms with Gasteiger partial charge in [-0.05, 0) is 55.9 Å². The van der Waals surface area contributed by atoms with Gasteiger partial charge in [0, 0.05) is 56.2 Å². The standard InChI is InChI=1S/C23H25N5O4/c1-3-27-22(29)20(16-4-8-19(9-5-16)28(31)32)21(23(27)30)24-17-6-10-18(11-7-17)26-14-12-25(2)13-15-26/h4-11,24H,3,12-15H2,1-2H3. The van der Waals surface area contributed by atoms with Crippen molar-refractivity contribution in [2.75, 3.05) is 50.0 Å². The van der Waals surface area contributed by atoms with Crippen molar-refractivity contribution >= 4 is 34.4 Å². The number of benzene rings is 2. The molecule has 9 heteroatoms. The van der Waals surface area contributed by atoms with E-state index in [9.17, 15) is 19.7 Å². The minimum Gasteiger partial charge on any atom is -0.369 e. The van der Waals surface area contributed by atoms with Gasteiger partial charge in [-0.2, -0.15) is 0 Å². The molecular formula is C23H25N5O4. The number of rotatable bonds is 6. The number of nitrogens with one attached hydrogen (secondary N) is 1. The van der Waals surface area contributed by atoms with Crippen LogP contribution < -0.4 is 10.2 Å². The van der Waals surface area contributed by atoms with Crippen LogP contribution in [0.15, 0.2) is 54.2 Å². The van der Waals surface area contributed by atoms with Crippen LogP contribution in [-0.2, 0) is 9.59 Å². The molecule has 0 atom stereocenters. The number of nitro benzene ring substituents is 1. The summed E-state index contributed by atoms with van der Waals surface area (Å²) in [6.45, 7) is 5.90. The lowest BCUT2D eigenvalue weighted by Gasteiger charge is -2.34. The summed E-state index contributed by atoms with van der Waals surface area (Å²) in [5.74, 6) is -0.822. The highest BCUT2D eigenvalue weighted by atomic mass is 16.6. The van der Waals surface area contributed by atoms with Crippen LogP contribution in [0, 0.1) is 10.1 Å². The first-order valence-electron chi connectivity index (χ1n) is 10.5. The van der Waals surface area contributed by atoms with Gasteiger partial charge in [0.2, 0.25) is 0 Å². The smallest absolute Gasteiger partial charge is 0.278 e. The number of imide groups is 1. The fourth-order valence-corrected chi connectivity index (χ4v) is 3.96. The predicted molar refractivity (Wildman–Crippen MR) is 122 cm³/mol. The maximum atomic E-state index is 12.9. The number of likely N-dealkylation sites (N-methyl/N-ethyl adjacent to an activating group) is 2. The molecule has 2 aromatic rings. The van der Waals surface area contributed by atoms with Crippen molar-refractivity contribution in [2.24, 2.45) is 0 Å².